The van der Waals surface area contributed by atoms with Gasteiger partial charge in [0.25, 0.3) is 5.88 Å². The van der Waals surface area contributed by atoms with Crippen molar-refractivity contribution in [3.05, 3.63) is 36.0 Å². The zero-order valence-corrected chi connectivity index (χ0v) is 17.0. The molecule has 0 radical (unpaired) electrons. The van der Waals surface area contributed by atoms with Crippen LogP contribution in [0.25, 0.3) is 11.4 Å². The SMILES string of the molecule is CC(=O)N[C@@H](C)COC1CCC(Oc2ncc(-c3nccc(C#N)n3)cc2F)CC1. The lowest BCUT2D eigenvalue weighted by molar-refractivity contribution is -0.120. The number of carbonyl (C=O) groups is 1. The summed E-state index contributed by atoms with van der Waals surface area (Å²) in [6.45, 7) is 3.84. The average molecular weight is 413 g/mol. The number of nitrogens with one attached hydrogen (secondary N) is 1. The lowest BCUT2D eigenvalue weighted by Crippen LogP contribution is -2.37. The third-order valence-corrected chi connectivity index (χ3v) is 4.77. The summed E-state index contributed by atoms with van der Waals surface area (Å²) in [7, 11) is 0. The van der Waals surface area contributed by atoms with Gasteiger partial charge in [0.1, 0.15) is 17.9 Å². The lowest BCUT2D eigenvalue weighted by atomic mass is 9.95. The molecule has 2 aromatic rings. The van der Waals surface area contributed by atoms with E-state index in [0.29, 0.717) is 12.2 Å². The second-order valence-corrected chi connectivity index (χ2v) is 7.34. The molecule has 2 heterocycles. The van der Waals surface area contributed by atoms with E-state index in [0.717, 1.165) is 25.7 Å². The molecule has 0 aliphatic heterocycles. The van der Waals surface area contributed by atoms with Gasteiger partial charge in [0, 0.05) is 30.9 Å². The van der Waals surface area contributed by atoms with Crippen LogP contribution in [0.4, 0.5) is 4.39 Å². The van der Waals surface area contributed by atoms with E-state index in [1.54, 1.807) is 0 Å². The van der Waals surface area contributed by atoms with Crippen LogP contribution >= 0.6 is 0 Å². The molecule has 1 aliphatic rings. The first-order valence-electron chi connectivity index (χ1n) is 9.89. The van der Waals surface area contributed by atoms with Crippen molar-refractivity contribution in [1.29, 1.82) is 5.26 Å². The summed E-state index contributed by atoms with van der Waals surface area (Å²) in [5.74, 6) is -0.494. The highest BCUT2D eigenvalue weighted by molar-refractivity contribution is 5.73. The first-order chi connectivity index (χ1) is 14.4. The molecular formula is C21H24FN5O3. The van der Waals surface area contributed by atoms with Crippen LogP contribution in [0, 0.1) is 17.1 Å². The highest BCUT2D eigenvalue weighted by Crippen LogP contribution is 2.27. The summed E-state index contributed by atoms with van der Waals surface area (Å²) >= 11 is 0. The Bertz CT molecular complexity index is 925. The number of carbonyl (C=O) groups excluding carboxylic acids is 1. The lowest BCUT2D eigenvalue weighted by Gasteiger charge is -2.29. The van der Waals surface area contributed by atoms with Gasteiger partial charge in [0.15, 0.2) is 11.6 Å². The molecule has 0 bridgehead atoms. The summed E-state index contributed by atoms with van der Waals surface area (Å²) in [6.07, 6.45) is 5.91. The number of ether oxygens (including phenoxy) is 2. The Hall–Kier alpha value is -3.12. The molecule has 30 heavy (non-hydrogen) atoms. The molecule has 8 nitrogen and oxygen atoms in total. The van der Waals surface area contributed by atoms with E-state index in [1.807, 2.05) is 13.0 Å². The van der Waals surface area contributed by atoms with Crippen LogP contribution < -0.4 is 10.1 Å². The van der Waals surface area contributed by atoms with Crippen LogP contribution in [0.5, 0.6) is 5.88 Å². The van der Waals surface area contributed by atoms with Crippen molar-refractivity contribution >= 4 is 5.91 Å². The maximum absolute atomic E-state index is 14.5. The minimum atomic E-state index is -0.596. The van der Waals surface area contributed by atoms with E-state index in [4.69, 9.17) is 14.7 Å². The maximum Gasteiger partial charge on any atom is 0.250 e. The quantitative estimate of drug-likeness (QED) is 0.743. The normalized spacial score (nSPS) is 19.5. The van der Waals surface area contributed by atoms with Crippen LogP contribution in [0.15, 0.2) is 24.5 Å². The smallest absolute Gasteiger partial charge is 0.250 e. The number of pyridine rings is 1. The van der Waals surface area contributed by atoms with Crippen molar-refractivity contribution in [1.82, 2.24) is 20.3 Å². The monoisotopic (exact) mass is 413 g/mol. The fraction of sp³-hybridized carbons (Fsp3) is 0.476. The van der Waals surface area contributed by atoms with Crippen LogP contribution in [-0.4, -0.2) is 45.7 Å². The summed E-state index contributed by atoms with van der Waals surface area (Å²) in [5, 5.41) is 11.7. The van der Waals surface area contributed by atoms with Gasteiger partial charge < -0.3 is 14.8 Å². The number of hydrogen-bond donors (Lipinski definition) is 1. The molecule has 2 aromatic heterocycles. The first kappa shape index (κ1) is 21.6. The topological polar surface area (TPSA) is 110 Å². The predicted molar refractivity (Wildman–Crippen MR) is 106 cm³/mol. The van der Waals surface area contributed by atoms with Crippen LogP contribution in [0.2, 0.25) is 0 Å². The number of rotatable bonds is 7. The molecule has 3 rings (SSSR count). The molecule has 1 fully saturated rings. The van der Waals surface area contributed by atoms with E-state index in [9.17, 15) is 9.18 Å². The van der Waals surface area contributed by atoms with E-state index in [1.165, 1.54) is 31.5 Å². The summed E-state index contributed by atoms with van der Waals surface area (Å²) < 4.78 is 26.1. The second kappa shape index (κ2) is 10.1. The van der Waals surface area contributed by atoms with Crippen molar-refractivity contribution in [2.75, 3.05) is 6.61 Å². The van der Waals surface area contributed by atoms with Crippen molar-refractivity contribution in [3.63, 3.8) is 0 Å². The minimum Gasteiger partial charge on any atom is -0.472 e. The largest absolute Gasteiger partial charge is 0.472 e. The fourth-order valence-electron chi connectivity index (χ4n) is 3.34. The van der Waals surface area contributed by atoms with Gasteiger partial charge in [-0.15, -0.1) is 0 Å². The molecule has 158 valence electrons. The van der Waals surface area contributed by atoms with E-state index < -0.39 is 5.82 Å². The van der Waals surface area contributed by atoms with Gasteiger partial charge >= 0.3 is 0 Å². The van der Waals surface area contributed by atoms with Gasteiger partial charge in [-0.2, -0.15) is 5.26 Å². The van der Waals surface area contributed by atoms with Crippen LogP contribution in [-0.2, 0) is 9.53 Å². The summed E-state index contributed by atoms with van der Waals surface area (Å²) in [5.41, 5.74) is 0.577. The predicted octanol–water partition coefficient (Wildman–Crippen LogP) is 2.78. The van der Waals surface area contributed by atoms with Crippen molar-refractivity contribution in [2.45, 2.75) is 57.8 Å². The van der Waals surface area contributed by atoms with Gasteiger partial charge in [0.2, 0.25) is 5.91 Å². The number of hydrogen-bond acceptors (Lipinski definition) is 7. The highest BCUT2D eigenvalue weighted by atomic mass is 19.1. The third-order valence-electron chi connectivity index (χ3n) is 4.77. The van der Waals surface area contributed by atoms with Crippen LogP contribution in [0.3, 0.4) is 0 Å². The zero-order chi connectivity index (χ0) is 21.5. The van der Waals surface area contributed by atoms with Crippen molar-refractivity contribution in [3.8, 4) is 23.3 Å². The summed E-state index contributed by atoms with van der Waals surface area (Å²) in [4.78, 5) is 23.2. The highest BCUT2D eigenvalue weighted by Gasteiger charge is 2.25. The Morgan fingerprint density at radius 2 is 2.07 bits per heavy atom. The number of nitrogens with zero attached hydrogens (tertiary/aromatic N) is 4. The number of amides is 1. The number of aromatic nitrogens is 3. The van der Waals surface area contributed by atoms with Gasteiger partial charge in [0.05, 0.1) is 12.7 Å². The third kappa shape index (κ3) is 5.94. The molecular weight excluding hydrogens is 389 g/mol. The fourth-order valence-corrected chi connectivity index (χ4v) is 3.34. The van der Waals surface area contributed by atoms with Gasteiger partial charge in [-0.3, -0.25) is 4.79 Å². The van der Waals surface area contributed by atoms with Crippen molar-refractivity contribution in [2.24, 2.45) is 0 Å². The molecule has 1 amide bonds. The molecule has 9 heteroatoms. The van der Waals surface area contributed by atoms with Crippen LogP contribution in [0.1, 0.15) is 45.2 Å². The molecule has 0 aromatic carbocycles. The minimum absolute atomic E-state index is 0.0360. The molecule has 0 unspecified atom stereocenters. The molecule has 1 atom stereocenters. The van der Waals surface area contributed by atoms with Gasteiger partial charge in [-0.25, -0.2) is 19.3 Å². The van der Waals surface area contributed by atoms with Gasteiger partial charge in [-0.1, -0.05) is 0 Å². The van der Waals surface area contributed by atoms with E-state index in [-0.39, 0.29) is 41.6 Å². The summed E-state index contributed by atoms with van der Waals surface area (Å²) in [6, 6.07) is 4.63. The molecule has 1 N–H and O–H groups in total. The first-order valence-corrected chi connectivity index (χ1v) is 9.89. The van der Waals surface area contributed by atoms with E-state index in [2.05, 4.69) is 20.3 Å². The Morgan fingerprint density at radius 3 is 2.73 bits per heavy atom. The number of halogens is 1. The Balaban J connectivity index is 1.51. The van der Waals surface area contributed by atoms with Crippen molar-refractivity contribution < 1.29 is 18.7 Å². The second-order valence-electron chi connectivity index (χ2n) is 7.34. The Labute approximate surface area is 174 Å². The molecule has 1 aliphatic carbocycles. The standard InChI is InChI=1S/C21H24FN5O3/c1-13(26-14(2)28)12-29-17-3-5-18(6-4-17)30-21-19(22)9-15(11-25-21)20-24-8-7-16(10-23)27-20/h7-9,11,13,17-18H,3-6,12H2,1-2H3,(H,26,28)/t13-,17?,18?/m0/s1. The Morgan fingerprint density at radius 1 is 1.33 bits per heavy atom. The molecule has 1 saturated carbocycles. The zero-order valence-electron chi connectivity index (χ0n) is 17.0. The maximum atomic E-state index is 14.5. The molecule has 0 spiro atoms. The number of nitriles is 1. The molecule has 0 saturated heterocycles. The average Bonchev–Trinajstić information content (AvgIpc) is 2.74. The van der Waals surface area contributed by atoms with Gasteiger partial charge in [-0.05, 0) is 44.7 Å². The Kier molecular flexibility index (Phi) is 7.25. The van der Waals surface area contributed by atoms with E-state index >= 15 is 0 Å².